The Balaban J connectivity index is 1.67. The number of carbonyl (C=O) groups is 2. The molecule has 1 atom stereocenters. The van der Waals surface area contributed by atoms with Gasteiger partial charge in [-0.05, 0) is 43.7 Å². The fraction of sp³-hybridized carbons (Fsp3) is 0.167. The molecule has 0 saturated carbocycles. The monoisotopic (exact) mass is 340 g/mol. The lowest BCUT2D eigenvalue weighted by atomic mass is 10.2. The van der Waals surface area contributed by atoms with Crippen LogP contribution in [0, 0.1) is 6.92 Å². The standard InChI is InChI=1S/C18H16N2O3S/c1-11-5-3-4-6-14(11)20-17(21)12(2)23-18(22)13-7-8-15-16(9-13)24-10-19-15/h3-10,12H,1-2H3,(H,20,21)/t12-/m0/s1. The normalized spacial score (nSPS) is 11.9. The quantitative estimate of drug-likeness (QED) is 0.734. The van der Waals surface area contributed by atoms with Gasteiger partial charge in [-0.3, -0.25) is 4.79 Å². The number of fused-ring (bicyclic) bond motifs is 1. The first-order valence-electron chi connectivity index (χ1n) is 7.45. The second-order valence-electron chi connectivity index (χ2n) is 5.39. The maximum atomic E-state index is 12.2. The molecule has 0 aliphatic heterocycles. The van der Waals surface area contributed by atoms with E-state index in [0.29, 0.717) is 11.3 Å². The largest absolute Gasteiger partial charge is 0.449 e. The first kappa shape index (κ1) is 16.1. The number of nitrogens with zero attached hydrogens (tertiary/aromatic N) is 1. The van der Waals surface area contributed by atoms with Gasteiger partial charge in [-0.15, -0.1) is 11.3 Å². The Bertz CT molecular complexity index is 904. The van der Waals surface area contributed by atoms with Crippen molar-refractivity contribution in [1.82, 2.24) is 4.98 Å². The zero-order chi connectivity index (χ0) is 17.1. The summed E-state index contributed by atoms with van der Waals surface area (Å²) in [6, 6.07) is 12.6. The van der Waals surface area contributed by atoms with Crippen LogP contribution in [0.3, 0.4) is 0 Å². The van der Waals surface area contributed by atoms with E-state index in [4.69, 9.17) is 4.74 Å². The van der Waals surface area contributed by atoms with Gasteiger partial charge in [0.2, 0.25) is 0 Å². The summed E-state index contributed by atoms with van der Waals surface area (Å²) >= 11 is 1.45. The minimum atomic E-state index is -0.894. The number of ether oxygens (including phenoxy) is 1. The topological polar surface area (TPSA) is 68.3 Å². The van der Waals surface area contributed by atoms with E-state index in [1.54, 1.807) is 36.7 Å². The lowest BCUT2D eigenvalue weighted by Crippen LogP contribution is -2.30. The summed E-state index contributed by atoms with van der Waals surface area (Å²) in [5.74, 6) is -0.894. The molecule has 2 aromatic carbocycles. The van der Waals surface area contributed by atoms with Crippen LogP contribution in [-0.4, -0.2) is 23.0 Å². The van der Waals surface area contributed by atoms with Crippen molar-refractivity contribution in [3.8, 4) is 0 Å². The van der Waals surface area contributed by atoms with E-state index >= 15 is 0 Å². The van der Waals surface area contributed by atoms with Crippen molar-refractivity contribution in [3.63, 3.8) is 0 Å². The van der Waals surface area contributed by atoms with Gasteiger partial charge in [-0.2, -0.15) is 0 Å². The fourth-order valence-corrected chi connectivity index (χ4v) is 2.93. The molecule has 0 unspecified atom stereocenters. The number of benzene rings is 2. The van der Waals surface area contributed by atoms with Crippen LogP contribution in [-0.2, 0) is 9.53 Å². The van der Waals surface area contributed by atoms with Gasteiger partial charge in [0.1, 0.15) is 0 Å². The van der Waals surface area contributed by atoms with Crippen molar-refractivity contribution in [1.29, 1.82) is 0 Å². The predicted molar refractivity (Wildman–Crippen MR) is 94.3 cm³/mol. The van der Waals surface area contributed by atoms with E-state index in [9.17, 15) is 9.59 Å². The van der Waals surface area contributed by atoms with Crippen LogP contribution in [0.15, 0.2) is 48.0 Å². The molecule has 24 heavy (non-hydrogen) atoms. The Morgan fingerprint density at radius 1 is 1.21 bits per heavy atom. The van der Waals surface area contributed by atoms with Crippen LogP contribution >= 0.6 is 11.3 Å². The molecule has 0 saturated heterocycles. The molecule has 3 rings (SSSR count). The van der Waals surface area contributed by atoms with Gasteiger partial charge >= 0.3 is 5.97 Å². The third-order valence-electron chi connectivity index (χ3n) is 3.62. The van der Waals surface area contributed by atoms with Crippen molar-refractivity contribution in [3.05, 3.63) is 59.1 Å². The summed E-state index contributed by atoms with van der Waals surface area (Å²) in [6.07, 6.45) is -0.894. The van der Waals surface area contributed by atoms with Crippen molar-refractivity contribution >= 4 is 39.1 Å². The molecule has 1 amide bonds. The fourth-order valence-electron chi connectivity index (χ4n) is 2.21. The maximum Gasteiger partial charge on any atom is 0.338 e. The SMILES string of the molecule is Cc1ccccc1NC(=O)[C@H](C)OC(=O)c1ccc2ncsc2c1. The van der Waals surface area contributed by atoms with Gasteiger partial charge in [-0.1, -0.05) is 18.2 Å². The van der Waals surface area contributed by atoms with Crippen molar-refractivity contribution in [2.45, 2.75) is 20.0 Å². The number of thiazole rings is 1. The molecule has 5 nitrogen and oxygen atoms in total. The predicted octanol–water partition coefficient (Wildman–Crippen LogP) is 3.79. The van der Waals surface area contributed by atoms with E-state index in [1.807, 2.05) is 25.1 Å². The van der Waals surface area contributed by atoms with Crippen LogP contribution in [0.4, 0.5) is 5.69 Å². The van der Waals surface area contributed by atoms with Gasteiger partial charge < -0.3 is 10.1 Å². The Labute approximate surface area is 143 Å². The van der Waals surface area contributed by atoms with E-state index in [2.05, 4.69) is 10.3 Å². The molecular weight excluding hydrogens is 324 g/mol. The molecule has 1 heterocycles. The summed E-state index contributed by atoms with van der Waals surface area (Å²) in [7, 11) is 0. The Hall–Kier alpha value is -2.73. The van der Waals surface area contributed by atoms with Crippen LogP contribution in [0.2, 0.25) is 0 Å². The van der Waals surface area contributed by atoms with Gasteiger partial charge in [0.15, 0.2) is 6.10 Å². The number of aromatic nitrogens is 1. The molecule has 3 aromatic rings. The van der Waals surface area contributed by atoms with Crippen LogP contribution in [0.1, 0.15) is 22.8 Å². The van der Waals surface area contributed by atoms with E-state index in [0.717, 1.165) is 15.8 Å². The van der Waals surface area contributed by atoms with Crippen molar-refractivity contribution < 1.29 is 14.3 Å². The molecule has 6 heteroatoms. The summed E-state index contributed by atoms with van der Waals surface area (Å²) in [5, 5.41) is 2.77. The molecule has 0 bridgehead atoms. The second kappa shape index (κ2) is 6.80. The molecule has 0 aliphatic rings. The highest BCUT2D eigenvalue weighted by molar-refractivity contribution is 7.16. The minimum Gasteiger partial charge on any atom is -0.449 e. The molecule has 122 valence electrons. The number of amides is 1. The maximum absolute atomic E-state index is 12.2. The number of para-hydroxylation sites is 1. The number of hydrogen-bond donors (Lipinski definition) is 1. The number of rotatable bonds is 4. The molecule has 1 aromatic heterocycles. The van der Waals surface area contributed by atoms with E-state index in [1.165, 1.54) is 11.3 Å². The van der Waals surface area contributed by atoms with Gasteiger partial charge in [0, 0.05) is 5.69 Å². The van der Waals surface area contributed by atoms with Gasteiger partial charge in [0.25, 0.3) is 5.91 Å². The number of hydrogen-bond acceptors (Lipinski definition) is 5. The molecular formula is C18H16N2O3S. The Kier molecular flexibility index (Phi) is 4.57. The number of carbonyl (C=O) groups excluding carboxylic acids is 2. The van der Waals surface area contributed by atoms with Crippen molar-refractivity contribution in [2.24, 2.45) is 0 Å². The first-order valence-corrected chi connectivity index (χ1v) is 8.33. The third-order valence-corrected chi connectivity index (χ3v) is 4.41. The second-order valence-corrected chi connectivity index (χ2v) is 6.27. The average Bonchev–Trinajstić information content (AvgIpc) is 3.04. The van der Waals surface area contributed by atoms with Gasteiger partial charge in [0.05, 0.1) is 21.3 Å². The number of aryl methyl sites for hydroxylation is 1. The van der Waals surface area contributed by atoms with Crippen LogP contribution in [0.5, 0.6) is 0 Å². The number of anilines is 1. The molecule has 0 spiro atoms. The highest BCUT2D eigenvalue weighted by atomic mass is 32.1. The molecule has 0 radical (unpaired) electrons. The van der Waals surface area contributed by atoms with Crippen LogP contribution in [0.25, 0.3) is 10.2 Å². The average molecular weight is 340 g/mol. The van der Waals surface area contributed by atoms with E-state index in [-0.39, 0.29) is 5.91 Å². The lowest BCUT2D eigenvalue weighted by Gasteiger charge is -2.14. The zero-order valence-corrected chi connectivity index (χ0v) is 14.1. The molecule has 0 fully saturated rings. The smallest absolute Gasteiger partial charge is 0.338 e. The van der Waals surface area contributed by atoms with Crippen LogP contribution < -0.4 is 5.32 Å². The zero-order valence-electron chi connectivity index (χ0n) is 13.3. The number of esters is 1. The third kappa shape index (κ3) is 3.44. The minimum absolute atomic E-state index is 0.364. The first-order chi connectivity index (χ1) is 11.5. The lowest BCUT2D eigenvalue weighted by molar-refractivity contribution is -0.123. The number of nitrogens with one attached hydrogen (secondary N) is 1. The molecule has 0 aliphatic carbocycles. The van der Waals surface area contributed by atoms with Gasteiger partial charge in [-0.25, -0.2) is 9.78 Å². The van der Waals surface area contributed by atoms with Crippen molar-refractivity contribution in [2.75, 3.05) is 5.32 Å². The Morgan fingerprint density at radius 3 is 2.79 bits per heavy atom. The summed E-state index contributed by atoms with van der Waals surface area (Å²) in [5.41, 5.74) is 4.61. The summed E-state index contributed by atoms with van der Waals surface area (Å²) in [6.45, 7) is 3.45. The van der Waals surface area contributed by atoms with E-state index < -0.39 is 12.1 Å². The summed E-state index contributed by atoms with van der Waals surface area (Å²) < 4.78 is 6.17. The highest BCUT2D eigenvalue weighted by Gasteiger charge is 2.19. The highest BCUT2D eigenvalue weighted by Crippen LogP contribution is 2.20. The summed E-state index contributed by atoms with van der Waals surface area (Å²) in [4.78, 5) is 28.6. The molecule has 1 N–H and O–H groups in total. The Morgan fingerprint density at radius 2 is 2.00 bits per heavy atom.